The Balaban J connectivity index is 2.17. The summed E-state index contributed by atoms with van der Waals surface area (Å²) in [5, 5.41) is 0. The predicted octanol–water partition coefficient (Wildman–Crippen LogP) is 2.85. The van der Waals surface area contributed by atoms with Crippen molar-refractivity contribution in [1.29, 1.82) is 0 Å². The van der Waals surface area contributed by atoms with Gasteiger partial charge in [0.25, 0.3) is 0 Å². The first-order chi connectivity index (χ1) is 9.41. The number of nitrogens with two attached hydrogens (primary N) is 1. The Labute approximate surface area is 128 Å². The standard InChI is InChI=1S/C16H26N2O2S/c1-10-7-12(8-13(17)11(10)2)21(19,20)18-9-14-15(3,4)16(14,5)6/h7-8,14,18H,9,17H2,1-6H3. The molecule has 1 aromatic carbocycles. The normalized spacial score (nSPS) is 20.5. The van der Waals surface area contributed by atoms with Crippen molar-refractivity contribution >= 4 is 15.7 Å². The first-order valence-corrected chi connectivity index (χ1v) is 8.76. The highest BCUT2D eigenvalue weighted by Gasteiger charge is 2.64. The molecule has 118 valence electrons. The molecule has 1 aromatic rings. The fourth-order valence-corrected chi connectivity index (χ4v) is 4.29. The van der Waals surface area contributed by atoms with Crippen LogP contribution in [0.15, 0.2) is 17.0 Å². The molecule has 21 heavy (non-hydrogen) atoms. The molecule has 1 fully saturated rings. The highest BCUT2D eigenvalue weighted by molar-refractivity contribution is 7.89. The monoisotopic (exact) mass is 310 g/mol. The van der Waals surface area contributed by atoms with Crippen LogP contribution in [-0.4, -0.2) is 15.0 Å². The first kappa shape index (κ1) is 16.3. The van der Waals surface area contributed by atoms with Gasteiger partial charge in [0, 0.05) is 12.2 Å². The minimum Gasteiger partial charge on any atom is -0.398 e. The van der Waals surface area contributed by atoms with E-state index in [2.05, 4.69) is 32.4 Å². The summed E-state index contributed by atoms with van der Waals surface area (Å²) in [5.41, 5.74) is 8.55. The maximum absolute atomic E-state index is 12.4. The van der Waals surface area contributed by atoms with E-state index in [0.717, 1.165) is 11.1 Å². The largest absolute Gasteiger partial charge is 0.398 e. The van der Waals surface area contributed by atoms with E-state index >= 15 is 0 Å². The lowest BCUT2D eigenvalue weighted by molar-refractivity contribution is 0.457. The van der Waals surface area contributed by atoms with Gasteiger partial charge >= 0.3 is 0 Å². The average Bonchev–Trinajstić information content (AvgIpc) is 2.73. The Hall–Kier alpha value is -1.07. The highest BCUT2D eigenvalue weighted by Crippen LogP contribution is 2.67. The van der Waals surface area contributed by atoms with E-state index < -0.39 is 10.0 Å². The zero-order valence-electron chi connectivity index (χ0n) is 13.7. The van der Waals surface area contributed by atoms with Crippen LogP contribution in [0.1, 0.15) is 38.8 Å². The Bertz CT molecular complexity index is 639. The molecule has 5 heteroatoms. The quantitative estimate of drug-likeness (QED) is 0.840. The van der Waals surface area contributed by atoms with Gasteiger partial charge in [0.2, 0.25) is 10.0 Å². The Morgan fingerprint density at radius 3 is 2.10 bits per heavy atom. The fourth-order valence-electron chi connectivity index (χ4n) is 3.13. The Morgan fingerprint density at radius 1 is 1.14 bits per heavy atom. The van der Waals surface area contributed by atoms with Crippen LogP contribution >= 0.6 is 0 Å². The molecule has 0 saturated heterocycles. The number of benzene rings is 1. The van der Waals surface area contributed by atoms with Crippen LogP contribution in [0, 0.1) is 30.6 Å². The third-order valence-electron chi connectivity index (χ3n) is 5.79. The molecule has 0 heterocycles. The second-order valence-corrected chi connectivity index (χ2v) is 9.07. The lowest BCUT2D eigenvalue weighted by atomic mass is 10.0. The summed E-state index contributed by atoms with van der Waals surface area (Å²) in [6.07, 6.45) is 0. The minimum absolute atomic E-state index is 0.164. The summed E-state index contributed by atoms with van der Waals surface area (Å²) < 4.78 is 27.6. The van der Waals surface area contributed by atoms with E-state index in [9.17, 15) is 8.42 Å². The molecule has 0 bridgehead atoms. The SMILES string of the molecule is Cc1cc(S(=O)(=O)NCC2C(C)(C)C2(C)C)cc(N)c1C. The molecule has 0 radical (unpaired) electrons. The number of hydrogen-bond acceptors (Lipinski definition) is 3. The van der Waals surface area contributed by atoms with Crippen LogP contribution in [0.5, 0.6) is 0 Å². The van der Waals surface area contributed by atoms with Gasteiger partial charge in [-0.1, -0.05) is 27.7 Å². The Morgan fingerprint density at radius 2 is 1.67 bits per heavy atom. The van der Waals surface area contributed by atoms with Crippen LogP contribution in [0.4, 0.5) is 5.69 Å². The molecule has 1 aliphatic carbocycles. The zero-order chi connectivity index (χ0) is 16.2. The van der Waals surface area contributed by atoms with E-state index in [0.29, 0.717) is 18.2 Å². The van der Waals surface area contributed by atoms with E-state index in [1.54, 1.807) is 6.07 Å². The molecule has 0 amide bonds. The molecule has 3 N–H and O–H groups in total. The molecule has 0 spiro atoms. The van der Waals surface area contributed by atoms with Gasteiger partial charge < -0.3 is 5.73 Å². The van der Waals surface area contributed by atoms with Crippen molar-refractivity contribution in [2.24, 2.45) is 16.7 Å². The number of anilines is 1. The summed E-state index contributed by atoms with van der Waals surface area (Å²) in [4.78, 5) is 0.249. The van der Waals surface area contributed by atoms with Crippen LogP contribution in [-0.2, 0) is 10.0 Å². The van der Waals surface area contributed by atoms with Crippen molar-refractivity contribution < 1.29 is 8.42 Å². The summed E-state index contributed by atoms with van der Waals surface area (Å²) >= 11 is 0. The average molecular weight is 310 g/mol. The predicted molar refractivity (Wildman–Crippen MR) is 86.6 cm³/mol. The molecule has 1 saturated carbocycles. The molecule has 0 unspecified atom stereocenters. The summed E-state index contributed by atoms with van der Waals surface area (Å²) in [5.74, 6) is 0.351. The van der Waals surface area contributed by atoms with Crippen molar-refractivity contribution in [3.8, 4) is 0 Å². The molecule has 0 aromatic heterocycles. The summed E-state index contributed by atoms with van der Waals surface area (Å²) in [7, 11) is -3.51. The zero-order valence-corrected chi connectivity index (χ0v) is 14.6. The van der Waals surface area contributed by atoms with Crippen molar-refractivity contribution in [2.75, 3.05) is 12.3 Å². The molecule has 0 atom stereocenters. The summed E-state index contributed by atoms with van der Waals surface area (Å²) in [6.45, 7) is 13.0. The van der Waals surface area contributed by atoms with E-state index in [1.165, 1.54) is 6.07 Å². The third-order valence-corrected chi connectivity index (χ3v) is 7.19. The maximum Gasteiger partial charge on any atom is 0.240 e. The summed E-state index contributed by atoms with van der Waals surface area (Å²) in [6, 6.07) is 3.21. The number of nitrogens with one attached hydrogen (secondary N) is 1. The van der Waals surface area contributed by atoms with Crippen LogP contribution < -0.4 is 10.5 Å². The molecular weight excluding hydrogens is 284 g/mol. The van der Waals surface area contributed by atoms with E-state index in [4.69, 9.17) is 5.73 Å². The van der Waals surface area contributed by atoms with Gasteiger partial charge in [-0.3, -0.25) is 0 Å². The van der Waals surface area contributed by atoms with E-state index in [1.807, 2.05) is 13.8 Å². The number of aryl methyl sites for hydroxylation is 1. The second-order valence-electron chi connectivity index (χ2n) is 7.30. The van der Waals surface area contributed by atoms with Gasteiger partial charge in [-0.15, -0.1) is 0 Å². The van der Waals surface area contributed by atoms with Gasteiger partial charge in [-0.2, -0.15) is 0 Å². The van der Waals surface area contributed by atoms with Gasteiger partial charge in [-0.05, 0) is 53.9 Å². The van der Waals surface area contributed by atoms with Gasteiger partial charge in [0.1, 0.15) is 0 Å². The van der Waals surface area contributed by atoms with Gasteiger partial charge in [0.15, 0.2) is 0 Å². The molecule has 4 nitrogen and oxygen atoms in total. The number of nitrogen functional groups attached to an aromatic ring is 1. The van der Waals surface area contributed by atoms with Crippen molar-refractivity contribution in [2.45, 2.75) is 46.4 Å². The topological polar surface area (TPSA) is 72.2 Å². The number of rotatable bonds is 4. The molecule has 0 aliphatic heterocycles. The van der Waals surface area contributed by atoms with Crippen molar-refractivity contribution in [3.05, 3.63) is 23.3 Å². The van der Waals surface area contributed by atoms with Crippen LogP contribution in [0.2, 0.25) is 0 Å². The van der Waals surface area contributed by atoms with E-state index in [-0.39, 0.29) is 15.7 Å². The molecular formula is C16H26N2O2S. The number of sulfonamides is 1. The van der Waals surface area contributed by atoms with Crippen molar-refractivity contribution in [1.82, 2.24) is 4.72 Å². The van der Waals surface area contributed by atoms with Crippen LogP contribution in [0.3, 0.4) is 0 Å². The minimum atomic E-state index is -3.51. The molecule has 1 aliphatic rings. The maximum atomic E-state index is 12.4. The smallest absolute Gasteiger partial charge is 0.240 e. The molecule has 2 rings (SSSR count). The second kappa shape index (κ2) is 4.71. The van der Waals surface area contributed by atoms with Crippen molar-refractivity contribution in [3.63, 3.8) is 0 Å². The Kier molecular flexibility index (Phi) is 3.66. The number of hydrogen-bond donors (Lipinski definition) is 2. The van der Waals surface area contributed by atoms with Gasteiger partial charge in [0.05, 0.1) is 4.90 Å². The fraction of sp³-hybridized carbons (Fsp3) is 0.625. The van der Waals surface area contributed by atoms with Crippen LogP contribution in [0.25, 0.3) is 0 Å². The van der Waals surface area contributed by atoms with Gasteiger partial charge in [-0.25, -0.2) is 13.1 Å². The lowest BCUT2D eigenvalue weighted by Crippen LogP contribution is -2.27. The third kappa shape index (κ3) is 2.57. The highest BCUT2D eigenvalue weighted by atomic mass is 32.2. The lowest BCUT2D eigenvalue weighted by Gasteiger charge is -2.11. The first-order valence-electron chi connectivity index (χ1n) is 7.27.